The molecule has 17 heavy (non-hydrogen) atoms. The lowest BCUT2D eigenvalue weighted by molar-refractivity contribution is 0.102. The highest BCUT2D eigenvalue weighted by Gasteiger charge is 2.20. The van der Waals surface area contributed by atoms with Crippen molar-refractivity contribution in [3.05, 3.63) is 33.8 Å². The third-order valence-electron chi connectivity index (χ3n) is 2.63. The van der Waals surface area contributed by atoms with E-state index < -0.39 is 0 Å². The van der Waals surface area contributed by atoms with Gasteiger partial charge in [-0.05, 0) is 28.4 Å². The fraction of sp³-hybridized carbons (Fsp3) is 0.364. The van der Waals surface area contributed by atoms with E-state index in [2.05, 4.69) is 26.1 Å². The maximum Gasteiger partial charge on any atom is 0.230 e. The summed E-state index contributed by atoms with van der Waals surface area (Å²) in [4.78, 5) is 12.3. The third kappa shape index (κ3) is 2.04. The molecule has 2 rings (SSSR count). The molecule has 0 amide bonds. The lowest BCUT2D eigenvalue weighted by Gasteiger charge is -2.02. The Balaban J connectivity index is 2.47. The molecule has 0 spiro atoms. The molecule has 0 aromatic carbocycles. The Morgan fingerprint density at radius 2 is 2.12 bits per heavy atom. The molecule has 0 saturated heterocycles. The predicted molar refractivity (Wildman–Crippen MR) is 66.9 cm³/mol. The molecule has 0 unspecified atom stereocenters. The number of hydrogen-bond acceptors (Lipinski definition) is 3. The number of rotatable bonds is 3. The number of aryl methyl sites for hydroxylation is 3. The first-order valence-corrected chi connectivity index (χ1v) is 6.09. The highest BCUT2D eigenvalue weighted by atomic mass is 79.9. The van der Waals surface area contributed by atoms with Gasteiger partial charge in [-0.15, -0.1) is 0 Å². The van der Waals surface area contributed by atoms with E-state index in [1.54, 1.807) is 29.7 Å². The van der Waals surface area contributed by atoms with Gasteiger partial charge in [-0.1, -0.05) is 6.92 Å². The summed E-state index contributed by atoms with van der Waals surface area (Å²) in [5.74, 6) is -0.0772. The summed E-state index contributed by atoms with van der Waals surface area (Å²) in [6.45, 7) is 2.01. The van der Waals surface area contributed by atoms with Gasteiger partial charge in [0, 0.05) is 14.1 Å². The molecule has 0 aliphatic carbocycles. The molecule has 0 saturated carbocycles. The van der Waals surface area contributed by atoms with E-state index in [1.807, 2.05) is 13.0 Å². The molecule has 2 heterocycles. The van der Waals surface area contributed by atoms with Crippen LogP contribution in [0.2, 0.25) is 0 Å². The molecule has 90 valence electrons. The second-order valence-corrected chi connectivity index (χ2v) is 4.65. The lowest BCUT2D eigenvalue weighted by Crippen LogP contribution is -2.13. The fourth-order valence-electron chi connectivity index (χ4n) is 1.70. The molecule has 0 radical (unpaired) electrons. The van der Waals surface area contributed by atoms with Gasteiger partial charge in [0.25, 0.3) is 0 Å². The molecule has 0 fully saturated rings. The van der Waals surface area contributed by atoms with Crippen LogP contribution in [0.25, 0.3) is 0 Å². The molecule has 0 aliphatic rings. The van der Waals surface area contributed by atoms with E-state index in [0.29, 0.717) is 15.9 Å². The van der Waals surface area contributed by atoms with Crippen molar-refractivity contribution in [1.82, 2.24) is 19.6 Å². The predicted octanol–water partition coefficient (Wildman–Crippen LogP) is 1.71. The summed E-state index contributed by atoms with van der Waals surface area (Å²) in [5.41, 5.74) is 2.02. The van der Waals surface area contributed by atoms with E-state index in [9.17, 15) is 4.79 Å². The molecule has 5 nitrogen and oxygen atoms in total. The number of carbonyl (C=O) groups excluding carboxylic acids is 1. The van der Waals surface area contributed by atoms with E-state index in [0.717, 1.165) is 12.1 Å². The van der Waals surface area contributed by atoms with Gasteiger partial charge in [0.15, 0.2) is 0 Å². The second kappa shape index (κ2) is 4.44. The van der Waals surface area contributed by atoms with Crippen LogP contribution in [0.3, 0.4) is 0 Å². The lowest BCUT2D eigenvalue weighted by atomic mass is 10.2. The Kier molecular flexibility index (Phi) is 3.15. The summed E-state index contributed by atoms with van der Waals surface area (Å²) in [6, 6.07) is 1.82. The van der Waals surface area contributed by atoms with Crippen LogP contribution in [-0.4, -0.2) is 25.3 Å². The molecule has 2 aromatic heterocycles. The molecule has 0 bridgehead atoms. The maximum absolute atomic E-state index is 12.3. The molecular formula is C11H13BrN4O. The van der Waals surface area contributed by atoms with Gasteiger partial charge in [-0.2, -0.15) is 10.2 Å². The minimum Gasteiger partial charge on any atom is -0.285 e. The molecule has 0 atom stereocenters. The van der Waals surface area contributed by atoms with E-state index in [1.165, 1.54) is 0 Å². The van der Waals surface area contributed by atoms with Crippen molar-refractivity contribution in [3.8, 4) is 0 Å². The number of hydrogen-bond donors (Lipinski definition) is 0. The summed E-state index contributed by atoms with van der Waals surface area (Å²) in [7, 11) is 3.52. The standard InChI is InChI=1S/C11H13BrN4O/c1-4-7-5-9(15(2)14-7)11(17)10-8(12)6-13-16(10)3/h5-6H,4H2,1-3H3. The van der Waals surface area contributed by atoms with Crippen molar-refractivity contribution in [2.24, 2.45) is 14.1 Å². The zero-order valence-corrected chi connectivity index (χ0v) is 11.5. The van der Waals surface area contributed by atoms with Gasteiger partial charge in [-0.3, -0.25) is 14.2 Å². The molecule has 0 N–H and O–H groups in total. The van der Waals surface area contributed by atoms with Crippen molar-refractivity contribution < 1.29 is 4.79 Å². The number of nitrogens with zero attached hydrogens (tertiary/aromatic N) is 4. The first kappa shape index (κ1) is 12.0. The Hall–Kier alpha value is -1.43. The highest BCUT2D eigenvalue weighted by molar-refractivity contribution is 9.10. The molecule has 0 aliphatic heterocycles. The van der Waals surface area contributed by atoms with Crippen molar-refractivity contribution in [2.45, 2.75) is 13.3 Å². The van der Waals surface area contributed by atoms with Gasteiger partial charge in [0.1, 0.15) is 11.4 Å². The minimum absolute atomic E-state index is 0.0772. The average Bonchev–Trinajstić information content (AvgIpc) is 2.82. The molecule has 2 aromatic rings. The highest BCUT2D eigenvalue weighted by Crippen LogP contribution is 2.19. The van der Waals surface area contributed by atoms with Crippen LogP contribution in [0.1, 0.15) is 28.8 Å². The minimum atomic E-state index is -0.0772. The largest absolute Gasteiger partial charge is 0.285 e. The van der Waals surface area contributed by atoms with Gasteiger partial charge in [0.05, 0.1) is 16.4 Å². The number of carbonyl (C=O) groups is 1. The fourth-order valence-corrected chi connectivity index (χ4v) is 2.23. The van der Waals surface area contributed by atoms with Crippen molar-refractivity contribution in [1.29, 1.82) is 0 Å². The van der Waals surface area contributed by atoms with Crippen LogP contribution in [0.5, 0.6) is 0 Å². The Morgan fingerprint density at radius 1 is 1.41 bits per heavy atom. The topological polar surface area (TPSA) is 52.7 Å². The second-order valence-electron chi connectivity index (χ2n) is 3.79. The summed E-state index contributed by atoms with van der Waals surface area (Å²) >= 11 is 3.33. The van der Waals surface area contributed by atoms with E-state index in [4.69, 9.17) is 0 Å². The summed E-state index contributed by atoms with van der Waals surface area (Å²) < 4.78 is 3.87. The van der Waals surface area contributed by atoms with Crippen molar-refractivity contribution in [3.63, 3.8) is 0 Å². The zero-order chi connectivity index (χ0) is 12.6. The normalized spacial score (nSPS) is 10.8. The average molecular weight is 297 g/mol. The SMILES string of the molecule is CCc1cc(C(=O)c2c(Br)cnn2C)n(C)n1. The Labute approximate surface area is 108 Å². The van der Waals surface area contributed by atoms with E-state index in [-0.39, 0.29) is 5.78 Å². The van der Waals surface area contributed by atoms with Gasteiger partial charge in [-0.25, -0.2) is 0 Å². The first-order chi connectivity index (χ1) is 8.04. The maximum atomic E-state index is 12.3. The van der Waals surface area contributed by atoms with Gasteiger partial charge in [0.2, 0.25) is 5.78 Å². The Morgan fingerprint density at radius 3 is 2.59 bits per heavy atom. The Bertz CT molecular complexity index is 551. The smallest absolute Gasteiger partial charge is 0.230 e. The number of halogens is 1. The van der Waals surface area contributed by atoms with Crippen LogP contribution < -0.4 is 0 Å². The summed E-state index contributed by atoms with van der Waals surface area (Å²) in [6.07, 6.45) is 2.43. The zero-order valence-electron chi connectivity index (χ0n) is 9.94. The first-order valence-electron chi connectivity index (χ1n) is 5.29. The monoisotopic (exact) mass is 296 g/mol. The van der Waals surface area contributed by atoms with Crippen LogP contribution in [-0.2, 0) is 20.5 Å². The van der Waals surface area contributed by atoms with Crippen LogP contribution in [0.15, 0.2) is 16.7 Å². The van der Waals surface area contributed by atoms with Crippen LogP contribution in [0, 0.1) is 0 Å². The van der Waals surface area contributed by atoms with E-state index >= 15 is 0 Å². The van der Waals surface area contributed by atoms with Gasteiger partial charge < -0.3 is 0 Å². The molecule has 6 heteroatoms. The number of ketones is 1. The van der Waals surface area contributed by atoms with Crippen molar-refractivity contribution in [2.75, 3.05) is 0 Å². The quantitative estimate of drug-likeness (QED) is 0.810. The summed E-state index contributed by atoms with van der Waals surface area (Å²) in [5, 5.41) is 8.31. The van der Waals surface area contributed by atoms with Gasteiger partial charge >= 0.3 is 0 Å². The van der Waals surface area contributed by atoms with Crippen LogP contribution in [0.4, 0.5) is 0 Å². The molecular weight excluding hydrogens is 284 g/mol. The van der Waals surface area contributed by atoms with Crippen molar-refractivity contribution >= 4 is 21.7 Å². The third-order valence-corrected chi connectivity index (χ3v) is 3.21. The van der Waals surface area contributed by atoms with Crippen LogP contribution >= 0.6 is 15.9 Å². The number of aromatic nitrogens is 4.